The summed E-state index contributed by atoms with van der Waals surface area (Å²) in [5.41, 5.74) is 5.11. The van der Waals surface area contributed by atoms with Crippen LogP contribution in [0.1, 0.15) is 27.9 Å². The number of amides is 1. The van der Waals surface area contributed by atoms with Crippen LogP contribution < -0.4 is 16.4 Å². The van der Waals surface area contributed by atoms with Gasteiger partial charge < -0.3 is 16.2 Å². The standard InChI is InChI=1S/C9H16N4O3/c1-5-7(14)13-9(12-5)11-4-2-3-6(10)8(15)16/h5-6H,2-4,10H2,1H3,(H,15,16)(H2,11,12,13,14)/t5?,6-/m1/s1/i2D2,3D2,4D2. The van der Waals surface area contributed by atoms with E-state index < -0.39 is 43.2 Å². The van der Waals surface area contributed by atoms with Crippen LogP contribution in [0, 0.1) is 0 Å². The number of carbonyl (C=O) groups is 2. The summed E-state index contributed by atoms with van der Waals surface area (Å²) in [5.74, 6) is -2.70. The van der Waals surface area contributed by atoms with Crippen molar-refractivity contribution in [2.45, 2.75) is 31.8 Å². The molecule has 0 spiro atoms. The lowest BCUT2D eigenvalue weighted by Crippen LogP contribution is -2.30. The van der Waals surface area contributed by atoms with E-state index in [4.69, 9.17) is 19.1 Å². The van der Waals surface area contributed by atoms with Crippen molar-refractivity contribution in [3.8, 4) is 0 Å². The molecule has 0 bridgehead atoms. The average molecular weight is 234 g/mol. The van der Waals surface area contributed by atoms with Crippen LogP contribution in [-0.2, 0) is 9.59 Å². The summed E-state index contributed by atoms with van der Waals surface area (Å²) in [5, 5.41) is 13.3. The minimum Gasteiger partial charge on any atom is -0.480 e. The fraction of sp³-hybridized carbons (Fsp3) is 0.667. The van der Waals surface area contributed by atoms with Crippen molar-refractivity contribution in [2.75, 3.05) is 6.50 Å². The molecule has 0 saturated carbocycles. The highest BCUT2D eigenvalue weighted by Crippen LogP contribution is 1.97. The fourth-order valence-corrected chi connectivity index (χ4v) is 0.848. The van der Waals surface area contributed by atoms with E-state index in [0.29, 0.717) is 0 Å². The number of carbonyl (C=O) groups excluding carboxylic acids is 1. The van der Waals surface area contributed by atoms with Crippen molar-refractivity contribution in [1.82, 2.24) is 10.6 Å². The van der Waals surface area contributed by atoms with Crippen LogP contribution >= 0.6 is 0 Å². The van der Waals surface area contributed by atoms with Crippen molar-refractivity contribution >= 4 is 17.8 Å². The molecule has 16 heavy (non-hydrogen) atoms. The molecule has 0 aromatic rings. The van der Waals surface area contributed by atoms with Gasteiger partial charge in [-0.05, 0) is 19.7 Å². The molecule has 0 aromatic carbocycles. The Hall–Kier alpha value is -1.63. The normalized spacial score (nSPS) is 32.2. The molecular weight excluding hydrogens is 212 g/mol. The molecule has 1 aliphatic rings. The summed E-state index contributed by atoms with van der Waals surface area (Å²) in [7, 11) is 0. The lowest BCUT2D eigenvalue weighted by molar-refractivity contribution is -0.138. The summed E-state index contributed by atoms with van der Waals surface area (Å²) in [6.07, 6.45) is -6.65. The first-order chi connectivity index (χ1) is 9.74. The summed E-state index contributed by atoms with van der Waals surface area (Å²) in [4.78, 5) is 25.4. The smallest absolute Gasteiger partial charge is 0.320 e. The average Bonchev–Trinajstić information content (AvgIpc) is 2.65. The van der Waals surface area contributed by atoms with Gasteiger partial charge in [-0.2, -0.15) is 0 Å². The Kier molecular flexibility index (Phi) is 2.11. The third-order valence-corrected chi connectivity index (χ3v) is 1.71. The van der Waals surface area contributed by atoms with Gasteiger partial charge in [-0.25, -0.2) is 0 Å². The number of guanidine groups is 1. The highest BCUT2D eigenvalue weighted by molar-refractivity contribution is 6.06. The van der Waals surface area contributed by atoms with Gasteiger partial charge >= 0.3 is 5.97 Å². The van der Waals surface area contributed by atoms with Crippen LogP contribution in [0.15, 0.2) is 4.99 Å². The molecule has 1 heterocycles. The van der Waals surface area contributed by atoms with Crippen molar-refractivity contribution in [3.63, 3.8) is 0 Å². The number of carboxylic acids is 1. The van der Waals surface area contributed by atoms with Crippen molar-refractivity contribution < 1.29 is 22.9 Å². The van der Waals surface area contributed by atoms with E-state index in [0.717, 1.165) is 0 Å². The topological polar surface area (TPSA) is 117 Å². The number of carboxylic acid groups (broad SMARTS) is 1. The monoisotopic (exact) mass is 234 g/mol. The van der Waals surface area contributed by atoms with Gasteiger partial charge in [-0.1, -0.05) is 0 Å². The number of hydrogen-bond acceptors (Lipinski definition) is 4. The molecule has 1 saturated heterocycles. The second-order valence-electron chi connectivity index (χ2n) is 3.01. The Morgan fingerprint density at radius 2 is 2.50 bits per heavy atom. The van der Waals surface area contributed by atoms with Crippen LogP contribution in [0.4, 0.5) is 0 Å². The first-order valence-electron chi connectivity index (χ1n) is 7.39. The maximum absolute atomic E-state index is 11.3. The highest BCUT2D eigenvalue weighted by Gasteiger charge is 2.23. The number of aliphatic imine (C=N–C) groups is 1. The molecule has 1 fully saturated rings. The molecule has 1 amide bonds. The zero-order valence-corrected chi connectivity index (χ0v) is 8.44. The number of hydrogen-bond donors (Lipinski definition) is 4. The maximum atomic E-state index is 11.3. The van der Waals surface area contributed by atoms with Crippen LogP contribution in [-0.4, -0.2) is 41.5 Å². The Morgan fingerprint density at radius 1 is 1.81 bits per heavy atom. The summed E-state index contributed by atoms with van der Waals surface area (Å²) in [6, 6.07) is -3.01. The molecule has 1 unspecified atom stereocenters. The van der Waals surface area contributed by atoms with Gasteiger partial charge in [0.25, 0.3) is 0 Å². The number of nitrogens with zero attached hydrogens (tertiary/aromatic N) is 1. The lowest BCUT2D eigenvalue weighted by atomic mass is 10.2. The molecule has 0 aromatic heterocycles. The maximum Gasteiger partial charge on any atom is 0.320 e. The predicted molar refractivity (Wildman–Crippen MR) is 57.9 cm³/mol. The van der Waals surface area contributed by atoms with Crippen molar-refractivity contribution in [1.29, 1.82) is 0 Å². The summed E-state index contributed by atoms with van der Waals surface area (Å²) >= 11 is 0. The van der Waals surface area contributed by atoms with E-state index in [1.165, 1.54) is 6.92 Å². The van der Waals surface area contributed by atoms with Gasteiger partial charge in [-0.15, -0.1) is 0 Å². The van der Waals surface area contributed by atoms with E-state index in [1.807, 2.05) is 0 Å². The first-order valence-corrected chi connectivity index (χ1v) is 4.39. The van der Waals surface area contributed by atoms with Crippen LogP contribution in [0.3, 0.4) is 0 Å². The Labute approximate surface area is 102 Å². The van der Waals surface area contributed by atoms with E-state index >= 15 is 0 Å². The van der Waals surface area contributed by atoms with Gasteiger partial charge in [-0.3, -0.25) is 19.9 Å². The van der Waals surface area contributed by atoms with Gasteiger partial charge in [0.15, 0.2) is 5.96 Å². The minimum atomic E-state index is -3.39. The summed E-state index contributed by atoms with van der Waals surface area (Å²) in [6.45, 7) is -1.73. The zero-order valence-electron chi connectivity index (χ0n) is 14.4. The van der Waals surface area contributed by atoms with Gasteiger partial charge in [0.1, 0.15) is 12.1 Å². The molecule has 0 radical (unpaired) electrons. The third kappa shape index (κ3) is 3.50. The predicted octanol–water partition coefficient (Wildman–Crippen LogP) is -1.36. The molecule has 1 rings (SSSR count). The van der Waals surface area contributed by atoms with Crippen LogP contribution in [0.2, 0.25) is 0 Å². The first kappa shape index (κ1) is 6.19. The Balaban J connectivity index is 3.17. The quantitative estimate of drug-likeness (QED) is 0.469. The van der Waals surface area contributed by atoms with Crippen molar-refractivity contribution in [3.05, 3.63) is 0 Å². The van der Waals surface area contributed by atoms with E-state index in [9.17, 15) is 9.59 Å². The second kappa shape index (κ2) is 5.45. The molecule has 0 aliphatic carbocycles. The Morgan fingerprint density at radius 3 is 3.00 bits per heavy atom. The number of rotatable bonds is 5. The van der Waals surface area contributed by atoms with Gasteiger partial charge in [0.2, 0.25) is 5.91 Å². The highest BCUT2D eigenvalue weighted by atomic mass is 16.4. The fourth-order valence-electron chi connectivity index (χ4n) is 0.848. The van der Waals surface area contributed by atoms with E-state index in [2.05, 4.69) is 15.6 Å². The lowest BCUT2D eigenvalue weighted by Gasteiger charge is -2.04. The largest absolute Gasteiger partial charge is 0.480 e. The third-order valence-electron chi connectivity index (χ3n) is 1.71. The molecule has 90 valence electrons. The SMILES string of the molecule is [2H]C([2H])(N=C1NC(=O)C(C)N1)C([2H])([2H])C([2H])([2H])[C@@H](N)C(=O)O. The molecule has 1 aliphatic heterocycles. The van der Waals surface area contributed by atoms with E-state index in [1.54, 1.807) is 0 Å². The molecular formula is C9H16N4O3. The Bertz CT molecular complexity index is 523. The number of aliphatic carboxylic acids is 1. The molecule has 5 N–H and O–H groups in total. The number of nitrogens with one attached hydrogen (secondary N) is 2. The minimum absolute atomic E-state index is 0.369. The van der Waals surface area contributed by atoms with Crippen molar-refractivity contribution in [2.24, 2.45) is 10.7 Å². The molecule has 2 atom stereocenters. The zero-order chi connectivity index (χ0) is 17.5. The van der Waals surface area contributed by atoms with E-state index in [-0.39, 0.29) is 5.96 Å². The molecule has 7 nitrogen and oxygen atoms in total. The summed E-state index contributed by atoms with van der Waals surface area (Å²) < 4.78 is 45.7. The van der Waals surface area contributed by atoms with Crippen LogP contribution in [0.25, 0.3) is 0 Å². The van der Waals surface area contributed by atoms with Crippen LogP contribution in [0.5, 0.6) is 0 Å². The second-order valence-corrected chi connectivity index (χ2v) is 3.01. The number of nitrogens with two attached hydrogens (primary N) is 1. The van der Waals surface area contributed by atoms with Gasteiger partial charge in [0.05, 0.1) is 2.74 Å². The molecule has 7 heteroatoms. The van der Waals surface area contributed by atoms with Gasteiger partial charge in [0, 0.05) is 12.0 Å².